The molecule has 5 nitrogen and oxygen atoms in total. The zero-order valence-corrected chi connectivity index (χ0v) is 6.15. The van der Waals surface area contributed by atoms with E-state index in [1.165, 1.54) is 6.33 Å². The second-order valence-electron chi connectivity index (χ2n) is 2.16. The summed E-state index contributed by atoms with van der Waals surface area (Å²) in [6, 6.07) is 0. The van der Waals surface area contributed by atoms with Gasteiger partial charge < -0.3 is 5.48 Å². The fourth-order valence-electron chi connectivity index (χ4n) is 0.596. The van der Waals surface area contributed by atoms with Gasteiger partial charge in [0.05, 0.1) is 6.67 Å². The molecule has 1 aromatic rings. The van der Waals surface area contributed by atoms with Gasteiger partial charge in [-0.25, -0.2) is 9.67 Å². The van der Waals surface area contributed by atoms with Crippen molar-refractivity contribution in [1.29, 1.82) is 0 Å². The Bertz CT molecular complexity index is 160. The first-order valence-electron chi connectivity index (χ1n) is 2.76. The highest BCUT2D eigenvalue weighted by Crippen LogP contribution is 1.81. The van der Waals surface area contributed by atoms with Crippen LogP contribution in [0.25, 0.3) is 0 Å². The van der Waals surface area contributed by atoms with E-state index in [9.17, 15) is 0 Å². The molecule has 0 fully saturated rings. The van der Waals surface area contributed by atoms with Crippen molar-refractivity contribution in [3.63, 3.8) is 0 Å². The molecule has 0 amide bonds. The van der Waals surface area contributed by atoms with Crippen LogP contribution in [0.3, 0.4) is 0 Å². The Hall–Kier alpha value is -0.940. The summed E-state index contributed by atoms with van der Waals surface area (Å²) in [5, 5.41) is 3.92. The molecule has 1 heterocycles. The predicted molar refractivity (Wildman–Crippen MR) is 37.3 cm³/mol. The predicted octanol–water partition coefficient (Wildman–Crippen LogP) is -1.03. The number of nitrogens with zero attached hydrogens (tertiary/aromatic N) is 4. The summed E-state index contributed by atoms with van der Waals surface area (Å²) in [5.41, 5.74) is 0. The average Bonchev–Trinajstić information content (AvgIpc) is 2.15. The van der Waals surface area contributed by atoms with Crippen LogP contribution in [-0.4, -0.2) is 39.2 Å². The lowest BCUT2D eigenvalue weighted by molar-refractivity contribution is 0.306. The van der Waals surface area contributed by atoms with Gasteiger partial charge in [0.25, 0.3) is 0 Å². The van der Waals surface area contributed by atoms with Crippen LogP contribution in [0.5, 0.6) is 0 Å². The Balaban J connectivity index is 0.000000810. The minimum atomic E-state index is 0. The molecule has 5 heteroatoms. The second-order valence-corrected chi connectivity index (χ2v) is 2.16. The van der Waals surface area contributed by atoms with Crippen molar-refractivity contribution in [2.75, 3.05) is 14.1 Å². The Morgan fingerprint density at radius 3 is 2.60 bits per heavy atom. The monoisotopic (exact) mass is 144 g/mol. The van der Waals surface area contributed by atoms with E-state index in [0.29, 0.717) is 0 Å². The minimum Gasteiger partial charge on any atom is -0.412 e. The first-order valence-corrected chi connectivity index (χ1v) is 2.76. The summed E-state index contributed by atoms with van der Waals surface area (Å²) in [6.45, 7) is 0.792. The van der Waals surface area contributed by atoms with E-state index in [4.69, 9.17) is 0 Å². The molecular weight excluding hydrogens is 132 g/mol. The van der Waals surface area contributed by atoms with Crippen molar-refractivity contribution >= 4 is 0 Å². The highest BCUT2D eigenvalue weighted by Gasteiger charge is 1.89. The summed E-state index contributed by atoms with van der Waals surface area (Å²) in [4.78, 5) is 5.82. The van der Waals surface area contributed by atoms with Gasteiger partial charge in [0.1, 0.15) is 12.7 Å². The van der Waals surface area contributed by atoms with Crippen LogP contribution in [-0.2, 0) is 6.67 Å². The molecule has 10 heavy (non-hydrogen) atoms. The molecule has 0 unspecified atom stereocenters. The fraction of sp³-hybridized carbons (Fsp3) is 0.600. The molecule has 2 N–H and O–H groups in total. The van der Waals surface area contributed by atoms with E-state index in [1.807, 2.05) is 19.0 Å². The Morgan fingerprint density at radius 2 is 2.20 bits per heavy atom. The van der Waals surface area contributed by atoms with Crippen molar-refractivity contribution in [1.82, 2.24) is 19.7 Å². The summed E-state index contributed by atoms with van der Waals surface area (Å²) < 4.78 is 1.76. The molecule has 0 aliphatic heterocycles. The Kier molecular flexibility index (Phi) is 3.60. The lowest BCUT2D eigenvalue weighted by Crippen LogP contribution is -2.16. The molecule has 0 aromatic carbocycles. The normalized spacial score (nSPS) is 9.50. The summed E-state index contributed by atoms with van der Waals surface area (Å²) in [5.74, 6) is 0. The molecule has 0 spiro atoms. The van der Waals surface area contributed by atoms with E-state index < -0.39 is 0 Å². The van der Waals surface area contributed by atoms with Crippen LogP contribution >= 0.6 is 0 Å². The number of rotatable bonds is 2. The summed E-state index contributed by atoms with van der Waals surface area (Å²) in [6.07, 6.45) is 3.23. The van der Waals surface area contributed by atoms with E-state index in [2.05, 4.69) is 10.1 Å². The standard InChI is InChI=1S/C5H10N4.H2O/c1-8(2)5-9-4-6-3-7-9;/h3-4H,5H2,1-2H3;1H2. The third-order valence-electron chi connectivity index (χ3n) is 0.894. The van der Waals surface area contributed by atoms with E-state index in [-0.39, 0.29) is 5.48 Å². The van der Waals surface area contributed by atoms with Crippen LogP contribution in [0.1, 0.15) is 0 Å². The Morgan fingerprint density at radius 1 is 1.50 bits per heavy atom. The molecule has 1 rings (SSSR count). The summed E-state index contributed by atoms with van der Waals surface area (Å²) >= 11 is 0. The highest BCUT2D eigenvalue weighted by molar-refractivity contribution is 4.53. The molecule has 0 saturated carbocycles. The molecule has 0 atom stereocenters. The van der Waals surface area contributed by atoms with Gasteiger partial charge >= 0.3 is 0 Å². The van der Waals surface area contributed by atoms with E-state index in [0.717, 1.165) is 6.67 Å². The zero-order valence-electron chi connectivity index (χ0n) is 6.15. The minimum absolute atomic E-state index is 0. The lowest BCUT2D eigenvalue weighted by atomic mass is 10.9. The number of hydrogen-bond acceptors (Lipinski definition) is 3. The quantitative estimate of drug-likeness (QED) is 0.533. The topological polar surface area (TPSA) is 65.5 Å². The van der Waals surface area contributed by atoms with Gasteiger partial charge in [-0.2, -0.15) is 5.10 Å². The number of hydrogen-bond donors (Lipinski definition) is 0. The van der Waals surface area contributed by atoms with Crippen LogP contribution in [0.4, 0.5) is 0 Å². The molecular formula is C5H12N4O. The van der Waals surface area contributed by atoms with Gasteiger partial charge in [-0.1, -0.05) is 0 Å². The SMILES string of the molecule is CN(C)Cn1cncn1.O. The van der Waals surface area contributed by atoms with Crippen LogP contribution in [0.2, 0.25) is 0 Å². The van der Waals surface area contributed by atoms with Gasteiger partial charge in [-0.05, 0) is 14.1 Å². The van der Waals surface area contributed by atoms with Crippen molar-refractivity contribution in [3.05, 3.63) is 12.7 Å². The van der Waals surface area contributed by atoms with Gasteiger partial charge in [-0.3, -0.25) is 4.90 Å². The van der Waals surface area contributed by atoms with Crippen molar-refractivity contribution in [2.24, 2.45) is 0 Å². The van der Waals surface area contributed by atoms with E-state index in [1.54, 1.807) is 11.0 Å². The lowest BCUT2D eigenvalue weighted by Gasteiger charge is -2.07. The van der Waals surface area contributed by atoms with Crippen molar-refractivity contribution in [3.8, 4) is 0 Å². The third kappa shape index (κ3) is 2.56. The molecule has 58 valence electrons. The van der Waals surface area contributed by atoms with Crippen LogP contribution in [0.15, 0.2) is 12.7 Å². The van der Waals surface area contributed by atoms with Crippen LogP contribution in [0, 0.1) is 0 Å². The largest absolute Gasteiger partial charge is 0.412 e. The maximum Gasteiger partial charge on any atom is 0.137 e. The van der Waals surface area contributed by atoms with Crippen molar-refractivity contribution in [2.45, 2.75) is 6.67 Å². The number of aromatic nitrogens is 3. The smallest absolute Gasteiger partial charge is 0.137 e. The van der Waals surface area contributed by atoms with Gasteiger partial charge in [0.2, 0.25) is 0 Å². The fourth-order valence-corrected chi connectivity index (χ4v) is 0.596. The van der Waals surface area contributed by atoms with Gasteiger partial charge in [0, 0.05) is 0 Å². The maximum absolute atomic E-state index is 3.92. The van der Waals surface area contributed by atoms with Crippen molar-refractivity contribution < 1.29 is 5.48 Å². The summed E-state index contributed by atoms with van der Waals surface area (Å²) in [7, 11) is 3.98. The molecule has 0 saturated heterocycles. The third-order valence-corrected chi connectivity index (χ3v) is 0.894. The molecule has 0 bridgehead atoms. The zero-order chi connectivity index (χ0) is 6.69. The molecule has 1 aromatic heterocycles. The first kappa shape index (κ1) is 9.06. The average molecular weight is 144 g/mol. The first-order chi connectivity index (χ1) is 4.29. The van der Waals surface area contributed by atoms with Crippen LogP contribution < -0.4 is 0 Å². The Labute approximate surface area is 59.6 Å². The van der Waals surface area contributed by atoms with E-state index >= 15 is 0 Å². The molecule has 0 radical (unpaired) electrons. The van der Waals surface area contributed by atoms with Gasteiger partial charge in [-0.15, -0.1) is 0 Å². The highest BCUT2D eigenvalue weighted by atomic mass is 16.0. The second kappa shape index (κ2) is 3.97. The maximum atomic E-state index is 3.92. The molecule has 0 aliphatic carbocycles. The van der Waals surface area contributed by atoms with Gasteiger partial charge in [0.15, 0.2) is 0 Å². The molecule has 0 aliphatic rings.